The van der Waals surface area contributed by atoms with Crippen LogP contribution in [0.5, 0.6) is 0 Å². The Balaban J connectivity index is 1.82. The Labute approximate surface area is 119 Å². The van der Waals surface area contributed by atoms with Gasteiger partial charge < -0.3 is 4.90 Å². The van der Waals surface area contributed by atoms with E-state index in [2.05, 4.69) is 41.0 Å². The number of hydrogen-bond donors (Lipinski definition) is 0. The molecule has 0 aliphatic carbocycles. The van der Waals surface area contributed by atoms with E-state index >= 15 is 0 Å². The molecular weight excluding hydrogens is 258 g/mol. The minimum Gasteiger partial charge on any atom is -0.352 e. The molecule has 1 unspecified atom stereocenters. The van der Waals surface area contributed by atoms with Crippen LogP contribution in [0, 0.1) is 5.92 Å². The number of aliphatic imine (C=N–C) groups is 1. The quantitative estimate of drug-likeness (QED) is 0.782. The lowest BCUT2D eigenvalue weighted by atomic mass is 9.98. The zero-order valence-electron chi connectivity index (χ0n) is 11.5. The van der Waals surface area contributed by atoms with Gasteiger partial charge in [-0.2, -0.15) is 0 Å². The second-order valence-electron chi connectivity index (χ2n) is 5.65. The highest BCUT2D eigenvalue weighted by atomic mass is 35.5. The summed E-state index contributed by atoms with van der Waals surface area (Å²) < 4.78 is 0. The van der Waals surface area contributed by atoms with Gasteiger partial charge in [0.2, 0.25) is 0 Å². The van der Waals surface area contributed by atoms with Crippen molar-refractivity contribution in [1.29, 1.82) is 0 Å². The van der Waals surface area contributed by atoms with Crippen LogP contribution in [0.4, 0.5) is 11.4 Å². The maximum Gasteiger partial charge on any atom is 0.118 e. The molecule has 2 heterocycles. The fourth-order valence-electron chi connectivity index (χ4n) is 2.92. The maximum atomic E-state index is 6.02. The lowest BCUT2D eigenvalue weighted by Crippen LogP contribution is -2.51. The van der Waals surface area contributed by atoms with Crippen molar-refractivity contribution in [2.75, 3.05) is 25.0 Å². The number of anilines is 1. The standard InChI is InChI=1S/C15H20ClN3/c1-11-5-7-19(8-6-11)15-10-17-13-9-12(16)3-4-14(13)18(15)2/h3-4,9-11,15H,5-8H2,1-2H3. The molecule has 3 nitrogen and oxygen atoms in total. The fraction of sp³-hybridized carbons (Fsp3) is 0.533. The second kappa shape index (κ2) is 5.14. The Morgan fingerprint density at radius 2 is 2.00 bits per heavy atom. The monoisotopic (exact) mass is 277 g/mol. The number of piperidine rings is 1. The van der Waals surface area contributed by atoms with E-state index < -0.39 is 0 Å². The Morgan fingerprint density at radius 1 is 1.26 bits per heavy atom. The van der Waals surface area contributed by atoms with Crippen LogP contribution in [0.25, 0.3) is 0 Å². The summed E-state index contributed by atoms with van der Waals surface area (Å²) in [6, 6.07) is 5.93. The van der Waals surface area contributed by atoms with E-state index in [9.17, 15) is 0 Å². The summed E-state index contributed by atoms with van der Waals surface area (Å²) in [6.45, 7) is 4.66. The van der Waals surface area contributed by atoms with Gasteiger partial charge in [-0.1, -0.05) is 18.5 Å². The molecule has 0 aromatic heterocycles. The van der Waals surface area contributed by atoms with E-state index in [-0.39, 0.29) is 6.17 Å². The van der Waals surface area contributed by atoms with Gasteiger partial charge in [0.1, 0.15) is 6.17 Å². The van der Waals surface area contributed by atoms with Gasteiger partial charge in [0, 0.05) is 31.4 Å². The zero-order chi connectivity index (χ0) is 13.4. The van der Waals surface area contributed by atoms with E-state index in [1.165, 1.54) is 12.8 Å². The molecule has 1 aromatic rings. The minimum absolute atomic E-state index is 0.279. The van der Waals surface area contributed by atoms with Crippen molar-refractivity contribution < 1.29 is 0 Å². The third-order valence-electron chi connectivity index (χ3n) is 4.25. The number of fused-ring (bicyclic) bond motifs is 1. The van der Waals surface area contributed by atoms with Crippen LogP contribution in [-0.4, -0.2) is 37.4 Å². The summed E-state index contributed by atoms with van der Waals surface area (Å²) >= 11 is 6.02. The van der Waals surface area contributed by atoms with Gasteiger partial charge in [-0.05, 0) is 37.0 Å². The predicted molar refractivity (Wildman–Crippen MR) is 81.8 cm³/mol. The summed E-state index contributed by atoms with van der Waals surface area (Å²) in [5.74, 6) is 0.855. The molecule has 2 aliphatic rings. The lowest BCUT2D eigenvalue weighted by molar-refractivity contribution is 0.171. The van der Waals surface area contributed by atoms with E-state index in [0.717, 1.165) is 35.4 Å². The SMILES string of the molecule is CC1CCN(C2C=Nc3cc(Cl)ccc3N2C)CC1. The number of nitrogens with zero attached hydrogens (tertiary/aromatic N) is 3. The number of rotatable bonds is 1. The first-order valence-electron chi connectivity index (χ1n) is 6.96. The normalized spacial score (nSPS) is 24.6. The summed E-state index contributed by atoms with van der Waals surface area (Å²) in [4.78, 5) is 9.40. The molecule has 3 rings (SSSR count). The maximum absolute atomic E-state index is 6.02. The van der Waals surface area contributed by atoms with Crippen molar-refractivity contribution in [3.8, 4) is 0 Å². The van der Waals surface area contributed by atoms with Crippen LogP contribution in [0.1, 0.15) is 19.8 Å². The van der Waals surface area contributed by atoms with Crippen LogP contribution < -0.4 is 4.90 Å². The molecule has 0 radical (unpaired) electrons. The molecule has 0 bridgehead atoms. The van der Waals surface area contributed by atoms with Gasteiger partial charge in [0.05, 0.1) is 11.4 Å². The number of benzene rings is 1. The van der Waals surface area contributed by atoms with Crippen molar-refractivity contribution >= 4 is 29.2 Å². The van der Waals surface area contributed by atoms with E-state index in [1.54, 1.807) is 0 Å². The zero-order valence-corrected chi connectivity index (χ0v) is 12.3. The molecule has 1 aromatic carbocycles. The van der Waals surface area contributed by atoms with Crippen LogP contribution in [0.3, 0.4) is 0 Å². The number of halogens is 1. The average Bonchev–Trinajstić information content (AvgIpc) is 2.40. The summed E-state index contributed by atoms with van der Waals surface area (Å²) in [7, 11) is 2.14. The van der Waals surface area contributed by atoms with E-state index in [1.807, 2.05) is 12.1 Å². The van der Waals surface area contributed by atoms with E-state index in [0.29, 0.717) is 0 Å². The number of hydrogen-bond acceptors (Lipinski definition) is 3. The summed E-state index contributed by atoms with van der Waals surface area (Å²) in [5, 5.41) is 0.745. The fourth-order valence-corrected chi connectivity index (χ4v) is 3.09. The van der Waals surface area contributed by atoms with Crippen LogP contribution in [-0.2, 0) is 0 Å². The van der Waals surface area contributed by atoms with Gasteiger partial charge >= 0.3 is 0 Å². The Hall–Kier alpha value is -1.06. The molecule has 1 saturated heterocycles. The van der Waals surface area contributed by atoms with Crippen molar-refractivity contribution in [3.05, 3.63) is 23.2 Å². The first kappa shape index (κ1) is 12.9. The van der Waals surface area contributed by atoms with Crippen molar-refractivity contribution in [2.24, 2.45) is 10.9 Å². The molecule has 102 valence electrons. The molecular formula is C15H20ClN3. The largest absolute Gasteiger partial charge is 0.352 e. The van der Waals surface area contributed by atoms with Gasteiger partial charge in [0.15, 0.2) is 0 Å². The van der Waals surface area contributed by atoms with Crippen molar-refractivity contribution in [2.45, 2.75) is 25.9 Å². The molecule has 1 atom stereocenters. The highest BCUT2D eigenvalue weighted by molar-refractivity contribution is 6.31. The molecule has 0 spiro atoms. The topological polar surface area (TPSA) is 18.8 Å². The molecule has 2 aliphatic heterocycles. The van der Waals surface area contributed by atoms with Crippen molar-refractivity contribution in [1.82, 2.24) is 4.90 Å². The lowest BCUT2D eigenvalue weighted by Gasteiger charge is -2.41. The molecule has 0 N–H and O–H groups in total. The van der Waals surface area contributed by atoms with Crippen LogP contribution in [0.15, 0.2) is 23.2 Å². The van der Waals surface area contributed by atoms with Crippen LogP contribution in [0.2, 0.25) is 5.02 Å². The van der Waals surface area contributed by atoms with Crippen molar-refractivity contribution in [3.63, 3.8) is 0 Å². The summed E-state index contributed by atoms with van der Waals surface area (Å²) in [6.07, 6.45) is 4.90. The minimum atomic E-state index is 0.279. The molecule has 1 fully saturated rings. The van der Waals surface area contributed by atoms with Gasteiger partial charge in [-0.25, -0.2) is 0 Å². The molecule has 4 heteroatoms. The third-order valence-corrected chi connectivity index (χ3v) is 4.49. The van der Waals surface area contributed by atoms with Gasteiger partial charge in [-0.15, -0.1) is 0 Å². The van der Waals surface area contributed by atoms with E-state index in [4.69, 9.17) is 11.6 Å². The summed E-state index contributed by atoms with van der Waals surface area (Å²) in [5.41, 5.74) is 2.13. The molecule has 0 saturated carbocycles. The Morgan fingerprint density at radius 3 is 2.74 bits per heavy atom. The number of likely N-dealkylation sites (tertiary alicyclic amines) is 1. The third kappa shape index (κ3) is 2.49. The van der Waals surface area contributed by atoms with Gasteiger partial charge in [0.25, 0.3) is 0 Å². The highest BCUT2D eigenvalue weighted by Gasteiger charge is 2.28. The highest BCUT2D eigenvalue weighted by Crippen LogP contribution is 2.35. The smallest absolute Gasteiger partial charge is 0.118 e. The molecule has 19 heavy (non-hydrogen) atoms. The Bertz CT molecular complexity index is 492. The second-order valence-corrected chi connectivity index (χ2v) is 6.09. The average molecular weight is 278 g/mol. The van der Waals surface area contributed by atoms with Gasteiger partial charge in [-0.3, -0.25) is 9.89 Å². The first-order valence-corrected chi connectivity index (χ1v) is 7.33. The molecule has 0 amide bonds. The Kier molecular flexibility index (Phi) is 3.50. The van der Waals surface area contributed by atoms with Crippen LogP contribution >= 0.6 is 11.6 Å². The first-order chi connectivity index (χ1) is 9.15. The predicted octanol–water partition coefficient (Wildman–Crippen LogP) is 3.55.